The summed E-state index contributed by atoms with van der Waals surface area (Å²) < 4.78 is 0. The van der Waals surface area contributed by atoms with Gasteiger partial charge in [-0.1, -0.05) is 46.9 Å². The molecule has 0 atom stereocenters. The molecule has 0 aliphatic carbocycles. The number of benzene rings is 1. The fraction of sp³-hybridized carbons (Fsp3) is 0. The van der Waals surface area contributed by atoms with Crippen LogP contribution in [0.2, 0.25) is 10.0 Å². The monoisotopic (exact) mass is 234 g/mol. The molecule has 0 N–H and O–H groups in total. The number of hydrogen-bond donors (Lipinski definition) is 0. The molecule has 0 aliphatic rings. The minimum Gasteiger partial charge on any atom is -0.299 e. The summed E-state index contributed by atoms with van der Waals surface area (Å²) in [4.78, 5) is 10.1. The lowest BCUT2D eigenvalue weighted by Crippen LogP contribution is -1.80. The summed E-state index contributed by atoms with van der Waals surface area (Å²) in [6.45, 7) is 0. The fourth-order valence-electron chi connectivity index (χ4n) is 0.838. The van der Waals surface area contributed by atoms with E-state index in [0.29, 0.717) is 21.9 Å². The van der Waals surface area contributed by atoms with Gasteiger partial charge in [0, 0.05) is 5.56 Å². The summed E-state index contributed by atoms with van der Waals surface area (Å²) in [5, 5.41) is 1.05. The van der Waals surface area contributed by atoms with Gasteiger partial charge >= 0.3 is 0 Å². The standard InChI is InChI=1S/C9H5Cl3O/c10-7(4-5-13)6-2-1-3-8(11)9(6)12/h1-5H/b7-4+. The van der Waals surface area contributed by atoms with Crippen molar-refractivity contribution < 1.29 is 4.79 Å². The lowest BCUT2D eigenvalue weighted by molar-refractivity contribution is -0.104. The number of carbonyl (C=O) groups excluding carboxylic acids is 1. The van der Waals surface area contributed by atoms with E-state index in [2.05, 4.69) is 0 Å². The smallest absolute Gasteiger partial charge is 0.144 e. The lowest BCUT2D eigenvalue weighted by Gasteiger charge is -2.02. The number of aldehydes is 1. The number of hydrogen-bond acceptors (Lipinski definition) is 1. The maximum absolute atomic E-state index is 10.1. The first kappa shape index (κ1) is 10.6. The van der Waals surface area contributed by atoms with E-state index in [1.165, 1.54) is 6.08 Å². The highest BCUT2D eigenvalue weighted by molar-refractivity contribution is 6.52. The quantitative estimate of drug-likeness (QED) is 0.563. The molecule has 0 amide bonds. The molecule has 0 fully saturated rings. The Kier molecular flexibility index (Phi) is 3.79. The highest BCUT2D eigenvalue weighted by Gasteiger charge is 2.06. The first-order chi connectivity index (χ1) is 6.16. The predicted octanol–water partition coefficient (Wildman–Crippen LogP) is 3.77. The van der Waals surface area contributed by atoms with E-state index < -0.39 is 0 Å². The van der Waals surface area contributed by atoms with E-state index in [-0.39, 0.29) is 5.03 Å². The molecule has 0 aromatic heterocycles. The second-order valence-corrected chi connectivity index (χ2v) is 3.44. The van der Waals surface area contributed by atoms with Gasteiger partial charge in [0.2, 0.25) is 0 Å². The minimum atomic E-state index is 0.280. The molecule has 0 saturated carbocycles. The third kappa shape index (κ3) is 2.47. The Labute approximate surface area is 90.9 Å². The molecular weight excluding hydrogens is 230 g/mol. The molecule has 0 radical (unpaired) electrons. The summed E-state index contributed by atoms with van der Waals surface area (Å²) in [6.07, 6.45) is 1.82. The molecule has 4 heteroatoms. The summed E-state index contributed by atoms with van der Waals surface area (Å²) in [5.41, 5.74) is 0.558. The van der Waals surface area contributed by atoms with Gasteiger partial charge in [-0.15, -0.1) is 0 Å². The molecule has 13 heavy (non-hydrogen) atoms. The van der Waals surface area contributed by atoms with Crippen LogP contribution in [-0.4, -0.2) is 6.29 Å². The average Bonchev–Trinajstić information content (AvgIpc) is 2.10. The van der Waals surface area contributed by atoms with Crippen LogP contribution in [0.25, 0.3) is 5.03 Å². The number of rotatable bonds is 2. The molecule has 0 unspecified atom stereocenters. The summed E-state index contributed by atoms with van der Waals surface area (Å²) in [7, 11) is 0. The van der Waals surface area contributed by atoms with Crippen molar-refractivity contribution in [1.82, 2.24) is 0 Å². The van der Waals surface area contributed by atoms with Crippen molar-refractivity contribution >= 4 is 46.1 Å². The van der Waals surface area contributed by atoms with Gasteiger partial charge in [0.15, 0.2) is 0 Å². The highest BCUT2D eigenvalue weighted by atomic mass is 35.5. The Morgan fingerprint density at radius 2 is 2.00 bits per heavy atom. The normalized spacial score (nSPS) is 11.5. The molecule has 0 heterocycles. The van der Waals surface area contributed by atoms with Gasteiger partial charge in [0.1, 0.15) is 6.29 Å². The summed E-state index contributed by atoms with van der Waals surface area (Å²) in [5.74, 6) is 0. The highest BCUT2D eigenvalue weighted by Crippen LogP contribution is 2.31. The fourth-order valence-corrected chi connectivity index (χ4v) is 1.50. The maximum Gasteiger partial charge on any atom is 0.144 e. The second-order valence-electron chi connectivity index (χ2n) is 2.25. The van der Waals surface area contributed by atoms with Crippen LogP contribution in [0.15, 0.2) is 24.3 Å². The zero-order valence-electron chi connectivity index (χ0n) is 6.43. The molecule has 0 bridgehead atoms. The molecule has 1 aromatic rings. The van der Waals surface area contributed by atoms with Crippen molar-refractivity contribution in [2.24, 2.45) is 0 Å². The molecule has 1 nitrogen and oxygen atoms in total. The number of carbonyl (C=O) groups is 1. The van der Waals surface area contributed by atoms with Gasteiger partial charge in [-0.05, 0) is 12.1 Å². The topological polar surface area (TPSA) is 17.1 Å². The molecule has 68 valence electrons. The van der Waals surface area contributed by atoms with E-state index in [1.807, 2.05) is 0 Å². The molecule has 1 rings (SSSR count). The van der Waals surface area contributed by atoms with Gasteiger partial charge in [-0.2, -0.15) is 0 Å². The van der Waals surface area contributed by atoms with E-state index >= 15 is 0 Å². The molecule has 0 spiro atoms. The molecule has 0 saturated heterocycles. The third-order valence-electron chi connectivity index (χ3n) is 1.42. The Balaban J connectivity index is 3.22. The molecule has 1 aromatic carbocycles. The van der Waals surface area contributed by atoms with Crippen LogP contribution in [0.3, 0.4) is 0 Å². The minimum absolute atomic E-state index is 0.280. The van der Waals surface area contributed by atoms with Crippen molar-refractivity contribution in [1.29, 1.82) is 0 Å². The largest absolute Gasteiger partial charge is 0.299 e. The van der Waals surface area contributed by atoms with Crippen LogP contribution >= 0.6 is 34.8 Å². The van der Waals surface area contributed by atoms with E-state index in [0.717, 1.165) is 0 Å². The Morgan fingerprint density at radius 3 is 2.62 bits per heavy atom. The van der Waals surface area contributed by atoms with E-state index in [9.17, 15) is 4.79 Å². The van der Waals surface area contributed by atoms with Crippen molar-refractivity contribution in [3.8, 4) is 0 Å². The van der Waals surface area contributed by atoms with E-state index in [1.54, 1.807) is 18.2 Å². The lowest BCUT2D eigenvalue weighted by atomic mass is 10.2. The third-order valence-corrected chi connectivity index (χ3v) is 2.57. The number of halogens is 3. The number of allylic oxidation sites excluding steroid dienone is 1. The van der Waals surface area contributed by atoms with Gasteiger partial charge < -0.3 is 0 Å². The Bertz CT molecular complexity index is 358. The summed E-state index contributed by atoms with van der Waals surface area (Å²) in [6, 6.07) is 5.06. The molecular formula is C9H5Cl3O. The first-order valence-electron chi connectivity index (χ1n) is 3.42. The van der Waals surface area contributed by atoms with Crippen molar-refractivity contribution in [2.75, 3.05) is 0 Å². The van der Waals surface area contributed by atoms with Crippen LogP contribution in [0.4, 0.5) is 0 Å². The van der Waals surface area contributed by atoms with Crippen LogP contribution in [0.1, 0.15) is 5.56 Å². The Morgan fingerprint density at radius 1 is 1.31 bits per heavy atom. The van der Waals surface area contributed by atoms with Crippen LogP contribution in [0, 0.1) is 0 Å². The van der Waals surface area contributed by atoms with Crippen molar-refractivity contribution in [2.45, 2.75) is 0 Å². The van der Waals surface area contributed by atoms with Crippen LogP contribution in [0.5, 0.6) is 0 Å². The van der Waals surface area contributed by atoms with Crippen molar-refractivity contribution in [3.05, 3.63) is 39.9 Å². The maximum atomic E-state index is 10.1. The van der Waals surface area contributed by atoms with Gasteiger partial charge in [0.25, 0.3) is 0 Å². The van der Waals surface area contributed by atoms with Crippen LogP contribution < -0.4 is 0 Å². The average molecular weight is 235 g/mol. The van der Waals surface area contributed by atoms with Gasteiger partial charge in [-0.25, -0.2) is 0 Å². The predicted molar refractivity (Wildman–Crippen MR) is 56.4 cm³/mol. The van der Waals surface area contributed by atoms with Gasteiger partial charge in [-0.3, -0.25) is 4.79 Å². The Hall–Kier alpha value is -0.500. The second kappa shape index (κ2) is 4.66. The van der Waals surface area contributed by atoms with Crippen molar-refractivity contribution in [3.63, 3.8) is 0 Å². The van der Waals surface area contributed by atoms with E-state index in [4.69, 9.17) is 34.8 Å². The van der Waals surface area contributed by atoms with Gasteiger partial charge in [0.05, 0.1) is 15.1 Å². The first-order valence-corrected chi connectivity index (χ1v) is 4.55. The zero-order chi connectivity index (χ0) is 9.84. The molecule has 0 aliphatic heterocycles. The van der Waals surface area contributed by atoms with Crippen LogP contribution in [-0.2, 0) is 4.79 Å². The SMILES string of the molecule is O=C/C=C(/Cl)c1cccc(Cl)c1Cl. The summed E-state index contributed by atoms with van der Waals surface area (Å²) >= 11 is 17.4. The zero-order valence-corrected chi connectivity index (χ0v) is 8.70.